The van der Waals surface area contributed by atoms with E-state index >= 15 is 0 Å². The third-order valence-electron chi connectivity index (χ3n) is 4.78. The van der Waals surface area contributed by atoms with Crippen LogP contribution in [0.2, 0.25) is 0 Å². The molecule has 0 spiro atoms. The minimum Gasteiger partial charge on any atom is -0.486 e. The Labute approximate surface area is 161 Å². The topological polar surface area (TPSA) is 82.1 Å². The van der Waals surface area contributed by atoms with Crippen LogP contribution >= 0.6 is 0 Å². The van der Waals surface area contributed by atoms with Crippen molar-refractivity contribution in [1.82, 2.24) is 0 Å². The Morgan fingerprint density at radius 1 is 1.04 bits per heavy atom. The van der Waals surface area contributed by atoms with Gasteiger partial charge in [-0.3, -0.25) is 14.4 Å². The molecule has 2 aromatic rings. The number of ketones is 1. The van der Waals surface area contributed by atoms with Gasteiger partial charge in [0.15, 0.2) is 17.3 Å². The molecule has 0 N–H and O–H groups in total. The fourth-order valence-corrected chi connectivity index (χ4v) is 3.27. The Bertz CT molecular complexity index is 936. The zero-order valence-electron chi connectivity index (χ0n) is 15.3. The molecule has 1 fully saturated rings. The summed E-state index contributed by atoms with van der Waals surface area (Å²) in [6.07, 6.45) is 0.0821. The van der Waals surface area contributed by atoms with Crippen LogP contribution in [-0.4, -0.2) is 37.4 Å². The van der Waals surface area contributed by atoms with Gasteiger partial charge in [-0.15, -0.1) is 0 Å². The highest BCUT2D eigenvalue weighted by Crippen LogP contribution is 2.36. The number of anilines is 1. The standard InChI is InChI=1S/C21H19NO6/c1-13(23)14-2-5-17(6-3-14)28-21(25)15-10-20(24)22(12-15)16-4-7-18-19(11-16)27-9-8-26-18/h2-7,11,15H,8-10,12H2,1H3/t15-/m0/s1. The molecule has 0 radical (unpaired) electrons. The van der Waals surface area contributed by atoms with E-state index in [0.717, 1.165) is 0 Å². The van der Waals surface area contributed by atoms with Crippen LogP contribution in [0.1, 0.15) is 23.7 Å². The number of ether oxygens (including phenoxy) is 3. The van der Waals surface area contributed by atoms with Crippen molar-refractivity contribution >= 4 is 23.3 Å². The fraction of sp³-hybridized carbons (Fsp3) is 0.286. The van der Waals surface area contributed by atoms with E-state index in [-0.39, 0.29) is 24.7 Å². The van der Waals surface area contributed by atoms with Crippen molar-refractivity contribution in [2.24, 2.45) is 5.92 Å². The van der Waals surface area contributed by atoms with Crippen molar-refractivity contribution in [3.8, 4) is 17.2 Å². The van der Waals surface area contributed by atoms with Gasteiger partial charge < -0.3 is 19.1 Å². The van der Waals surface area contributed by atoms with Crippen LogP contribution < -0.4 is 19.1 Å². The maximum Gasteiger partial charge on any atom is 0.316 e. The fourth-order valence-electron chi connectivity index (χ4n) is 3.27. The van der Waals surface area contributed by atoms with Crippen LogP contribution in [0, 0.1) is 5.92 Å². The summed E-state index contributed by atoms with van der Waals surface area (Å²) in [7, 11) is 0. The Hall–Kier alpha value is -3.35. The zero-order chi connectivity index (χ0) is 19.7. The molecule has 28 heavy (non-hydrogen) atoms. The predicted octanol–water partition coefficient (Wildman–Crippen LogP) is 2.62. The third kappa shape index (κ3) is 3.55. The lowest BCUT2D eigenvalue weighted by Crippen LogP contribution is -2.27. The molecule has 0 unspecified atom stereocenters. The maximum absolute atomic E-state index is 12.5. The van der Waals surface area contributed by atoms with Crippen molar-refractivity contribution in [1.29, 1.82) is 0 Å². The molecular formula is C21H19NO6. The quantitative estimate of drug-likeness (QED) is 0.460. The molecule has 0 aromatic heterocycles. The minimum atomic E-state index is -0.562. The van der Waals surface area contributed by atoms with Gasteiger partial charge in [0.1, 0.15) is 19.0 Å². The molecule has 2 heterocycles. The molecule has 1 saturated heterocycles. The summed E-state index contributed by atoms with van der Waals surface area (Å²) in [5, 5.41) is 0. The number of rotatable bonds is 4. The molecule has 0 bridgehead atoms. The van der Waals surface area contributed by atoms with E-state index < -0.39 is 11.9 Å². The normalized spacial score (nSPS) is 18.1. The average molecular weight is 381 g/mol. The van der Waals surface area contributed by atoms with E-state index in [1.807, 2.05) is 0 Å². The number of hydrogen-bond acceptors (Lipinski definition) is 6. The number of nitrogens with zero attached hydrogens (tertiary/aromatic N) is 1. The minimum absolute atomic E-state index is 0.0608. The number of hydrogen-bond donors (Lipinski definition) is 0. The highest BCUT2D eigenvalue weighted by molar-refractivity contribution is 6.00. The number of carbonyl (C=O) groups is 3. The molecule has 2 aliphatic rings. The highest BCUT2D eigenvalue weighted by atomic mass is 16.6. The number of Topliss-reactive ketones (excluding diaryl/α,β-unsaturated/α-hetero) is 1. The van der Waals surface area contributed by atoms with E-state index in [9.17, 15) is 14.4 Å². The molecular weight excluding hydrogens is 362 g/mol. The number of esters is 1. The van der Waals surface area contributed by atoms with Crippen molar-refractivity contribution in [3.05, 3.63) is 48.0 Å². The van der Waals surface area contributed by atoms with Gasteiger partial charge in [-0.1, -0.05) is 0 Å². The summed E-state index contributed by atoms with van der Waals surface area (Å²) in [4.78, 5) is 37.8. The van der Waals surface area contributed by atoms with Gasteiger partial charge in [0.2, 0.25) is 5.91 Å². The average Bonchev–Trinajstić information content (AvgIpc) is 3.10. The van der Waals surface area contributed by atoms with Gasteiger partial charge in [-0.05, 0) is 43.3 Å². The Morgan fingerprint density at radius 2 is 1.75 bits per heavy atom. The van der Waals surface area contributed by atoms with Gasteiger partial charge in [0.25, 0.3) is 0 Å². The number of amides is 1. The van der Waals surface area contributed by atoms with Gasteiger partial charge in [-0.2, -0.15) is 0 Å². The van der Waals surface area contributed by atoms with E-state index in [0.29, 0.717) is 41.7 Å². The smallest absolute Gasteiger partial charge is 0.316 e. The number of benzene rings is 2. The summed E-state index contributed by atoms with van der Waals surface area (Å²) >= 11 is 0. The van der Waals surface area contributed by atoms with Crippen molar-refractivity contribution < 1.29 is 28.6 Å². The van der Waals surface area contributed by atoms with Crippen LogP contribution in [0.4, 0.5) is 5.69 Å². The van der Waals surface area contributed by atoms with Crippen molar-refractivity contribution in [3.63, 3.8) is 0 Å². The first-order chi connectivity index (χ1) is 13.5. The molecule has 0 saturated carbocycles. The first-order valence-corrected chi connectivity index (χ1v) is 9.04. The summed E-state index contributed by atoms with van der Waals surface area (Å²) < 4.78 is 16.4. The van der Waals surface area contributed by atoms with Gasteiger partial charge in [0.05, 0.1) is 5.92 Å². The van der Waals surface area contributed by atoms with Crippen LogP contribution in [0.5, 0.6) is 17.2 Å². The lowest BCUT2D eigenvalue weighted by molar-refractivity contribution is -0.139. The van der Waals surface area contributed by atoms with Crippen LogP contribution in [0.3, 0.4) is 0 Å². The second kappa shape index (κ2) is 7.34. The Kier molecular flexibility index (Phi) is 4.73. The summed E-state index contributed by atoms with van der Waals surface area (Å²) in [5.41, 5.74) is 1.20. The van der Waals surface area contributed by atoms with Crippen molar-refractivity contribution in [2.45, 2.75) is 13.3 Å². The van der Waals surface area contributed by atoms with Crippen LogP contribution in [0.15, 0.2) is 42.5 Å². The zero-order valence-corrected chi connectivity index (χ0v) is 15.3. The molecule has 2 aliphatic heterocycles. The summed E-state index contributed by atoms with van der Waals surface area (Å²) in [6, 6.07) is 11.6. The molecule has 0 aliphatic carbocycles. The van der Waals surface area contributed by atoms with Gasteiger partial charge >= 0.3 is 5.97 Å². The second-order valence-corrected chi connectivity index (χ2v) is 6.74. The monoisotopic (exact) mass is 381 g/mol. The lowest BCUT2D eigenvalue weighted by atomic mass is 10.1. The first-order valence-electron chi connectivity index (χ1n) is 9.04. The summed E-state index contributed by atoms with van der Waals surface area (Å²) in [5.74, 6) is 0.344. The largest absolute Gasteiger partial charge is 0.486 e. The van der Waals surface area contributed by atoms with Crippen molar-refractivity contribution in [2.75, 3.05) is 24.7 Å². The van der Waals surface area contributed by atoms with Crippen LogP contribution in [0.25, 0.3) is 0 Å². The number of fused-ring (bicyclic) bond motifs is 1. The first kappa shape index (κ1) is 18.0. The Morgan fingerprint density at radius 3 is 2.46 bits per heavy atom. The van der Waals surface area contributed by atoms with E-state index in [2.05, 4.69) is 0 Å². The number of carbonyl (C=O) groups excluding carboxylic acids is 3. The van der Waals surface area contributed by atoms with Crippen LogP contribution in [-0.2, 0) is 9.59 Å². The lowest BCUT2D eigenvalue weighted by Gasteiger charge is -2.22. The van der Waals surface area contributed by atoms with Gasteiger partial charge in [-0.25, -0.2) is 0 Å². The van der Waals surface area contributed by atoms with E-state index in [1.54, 1.807) is 47.4 Å². The molecule has 2 aromatic carbocycles. The molecule has 1 atom stereocenters. The third-order valence-corrected chi connectivity index (χ3v) is 4.78. The van der Waals surface area contributed by atoms with Gasteiger partial charge in [0, 0.05) is 30.3 Å². The molecule has 1 amide bonds. The second-order valence-electron chi connectivity index (χ2n) is 6.74. The Balaban J connectivity index is 1.44. The SMILES string of the molecule is CC(=O)c1ccc(OC(=O)[C@H]2CC(=O)N(c3ccc4c(c3)OCCO4)C2)cc1. The maximum atomic E-state index is 12.5. The highest BCUT2D eigenvalue weighted by Gasteiger charge is 2.36. The molecule has 144 valence electrons. The van der Waals surface area contributed by atoms with E-state index in [1.165, 1.54) is 6.92 Å². The molecule has 7 nitrogen and oxygen atoms in total. The molecule has 7 heteroatoms. The van der Waals surface area contributed by atoms with E-state index in [4.69, 9.17) is 14.2 Å². The molecule has 4 rings (SSSR count). The summed E-state index contributed by atoms with van der Waals surface area (Å²) in [6.45, 7) is 2.67. The predicted molar refractivity (Wildman–Crippen MR) is 100.0 cm³/mol.